The van der Waals surface area contributed by atoms with Gasteiger partial charge in [0.25, 0.3) is 0 Å². The molecule has 0 aromatic carbocycles. The summed E-state index contributed by atoms with van der Waals surface area (Å²) in [6, 6.07) is 5.13. The molecule has 0 aliphatic heterocycles. The molecule has 90 valence electrons. The van der Waals surface area contributed by atoms with Gasteiger partial charge in [-0.3, -0.25) is 4.98 Å². The van der Waals surface area contributed by atoms with E-state index in [1.165, 1.54) is 18.4 Å². The number of nitrogens with zero attached hydrogens (tertiary/aromatic N) is 1. The summed E-state index contributed by atoms with van der Waals surface area (Å²) in [5.41, 5.74) is 1.31. The first-order valence-electron chi connectivity index (χ1n) is 6.29. The smallest absolute Gasteiger partial charge is 0.0295 e. The van der Waals surface area contributed by atoms with Crippen molar-refractivity contribution in [3.63, 3.8) is 0 Å². The van der Waals surface area contributed by atoms with Crippen LogP contribution in [0, 0.1) is 5.92 Å². The van der Waals surface area contributed by atoms with Gasteiger partial charge in [0, 0.05) is 24.5 Å². The van der Waals surface area contributed by atoms with Crippen molar-refractivity contribution in [1.29, 1.82) is 0 Å². The molecular weight excluding hydrogens is 196 g/mol. The fraction of sp³-hybridized carbons (Fsp3) is 0.643. The zero-order chi connectivity index (χ0) is 12.0. The second kappa shape index (κ2) is 6.64. The van der Waals surface area contributed by atoms with Crippen molar-refractivity contribution in [2.24, 2.45) is 5.92 Å². The number of hydrogen-bond donors (Lipinski definition) is 1. The molecule has 0 amide bonds. The summed E-state index contributed by atoms with van der Waals surface area (Å²) in [5, 5.41) is 3.63. The van der Waals surface area contributed by atoms with Gasteiger partial charge in [-0.1, -0.05) is 20.3 Å². The maximum atomic E-state index is 4.04. The zero-order valence-corrected chi connectivity index (χ0v) is 10.9. The first-order valence-corrected chi connectivity index (χ1v) is 6.29. The first-order chi connectivity index (χ1) is 7.63. The van der Waals surface area contributed by atoms with Gasteiger partial charge in [0.15, 0.2) is 0 Å². The monoisotopic (exact) mass is 220 g/mol. The molecular formula is C14H24N2. The van der Waals surface area contributed by atoms with E-state index < -0.39 is 0 Å². The molecule has 0 fully saturated rings. The Morgan fingerprint density at radius 3 is 2.38 bits per heavy atom. The molecule has 0 radical (unpaired) electrons. The lowest BCUT2D eigenvalue weighted by Gasteiger charge is -2.22. The third-order valence-corrected chi connectivity index (χ3v) is 3.19. The maximum Gasteiger partial charge on any atom is 0.0295 e. The van der Waals surface area contributed by atoms with Crippen LogP contribution >= 0.6 is 0 Å². The van der Waals surface area contributed by atoms with Crippen molar-refractivity contribution in [2.45, 2.75) is 52.6 Å². The summed E-state index contributed by atoms with van der Waals surface area (Å²) >= 11 is 0. The van der Waals surface area contributed by atoms with Gasteiger partial charge < -0.3 is 5.32 Å². The van der Waals surface area contributed by atoms with E-state index in [0.29, 0.717) is 12.1 Å². The van der Waals surface area contributed by atoms with Gasteiger partial charge in [-0.05, 0) is 43.9 Å². The third kappa shape index (κ3) is 4.31. The van der Waals surface area contributed by atoms with Crippen LogP contribution < -0.4 is 5.32 Å². The Morgan fingerprint density at radius 1 is 1.19 bits per heavy atom. The van der Waals surface area contributed by atoms with E-state index in [1.54, 1.807) is 0 Å². The summed E-state index contributed by atoms with van der Waals surface area (Å²) in [6.07, 6.45) is 6.21. The van der Waals surface area contributed by atoms with E-state index in [2.05, 4.69) is 50.1 Å². The Balaban J connectivity index is 2.42. The van der Waals surface area contributed by atoms with Gasteiger partial charge in [0.2, 0.25) is 0 Å². The highest BCUT2D eigenvalue weighted by atomic mass is 14.9. The van der Waals surface area contributed by atoms with Crippen LogP contribution in [0.4, 0.5) is 0 Å². The van der Waals surface area contributed by atoms with Crippen molar-refractivity contribution in [3.05, 3.63) is 30.1 Å². The highest BCUT2D eigenvalue weighted by Crippen LogP contribution is 2.15. The Bertz CT molecular complexity index is 284. The van der Waals surface area contributed by atoms with Crippen molar-refractivity contribution >= 4 is 0 Å². The fourth-order valence-electron chi connectivity index (χ4n) is 2.01. The van der Waals surface area contributed by atoms with Crippen molar-refractivity contribution in [1.82, 2.24) is 10.3 Å². The second-order valence-electron chi connectivity index (χ2n) is 4.82. The average Bonchev–Trinajstić information content (AvgIpc) is 2.29. The number of aromatic nitrogens is 1. The van der Waals surface area contributed by atoms with Gasteiger partial charge in [-0.25, -0.2) is 0 Å². The van der Waals surface area contributed by atoms with Gasteiger partial charge in [-0.2, -0.15) is 0 Å². The molecule has 0 aliphatic rings. The summed E-state index contributed by atoms with van der Waals surface area (Å²) in [6.45, 7) is 9.05. The Labute approximate surface area is 99.5 Å². The van der Waals surface area contributed by atoms with Crippen LogP contribution in [-0.4, -0.2) is 11.0 Å². The Hall–Kier alpha value is -0.890. The highest BCUT2D eigenvalue weighted by molar-refractivity contribution is 5.14. The Kier molecular flexibility index (Phi) is 5.47. The largest absolute Gasteiger partial charge is 0.308 e. The number of pyridine rings is 1. The summed E-state index contributed by atoms with van der Waals surface area (Å²) < 4.78 is 0. The van der Waals surface area contributed by atoms with Gasteiger partial charge in [-0.15, -0.1) is 0 Å². The molecule has 3 unspecified atom stereocenters. The SMILES string of the molecule is CCC(C)CC(C)NC(C)c1ccncc1. The van der Waals surface area contributed by atoms with E-state index >= 15 is 0 Å². The molecule has 2 heteroatoms. The normalized spacial score (nSPS) is 16.8. The second-order valence-corrected chi connectivity index (χ2v) is 4.82. The van der Waals surface area contributed by atoms with E-state index in [-0.39, 0.29) is 0 Å². The first kappa shape index (κ1) is 13.2. The van der Waals surface area contributed by atoms with Gasteiger partial charge in [0.05, 0.1) is 0 Å². The van der Waals surface area contributed by atoms with E-state index in [4.69, 9.17) is 0 Å². The van der Waals surface area contributed by atoms with Crippen LogP contribution in [0.3, 0.4) is 0 Å². The molecule has 0 bridgehead atoms. The molecule has 1 rings (SSSR count). The summed E-state index contributed by atoms with van der Waals surface area (Å²) in [7, 11) is 0. The standard InChI is InChI=1S/C14H24N2/c1-5-11(2)10-12(3)16-13(4)14-6-8-15-9-7-14/h6-9,11-13,16H,5,10H2,1-4H3. The number of rotatable bonds is 6. The predicted octanol–water partition coefficient (Wildman–Crippen LogP) is 3.56. The van der Waals surface area contributed by atoms with E-state index in [1.807, 2.05) is 12.4 Å². The topological polar surface area (TPSA) is 24.9 Å². The fourth-order valence-corrected chi connectivity index (χ4v) is 2.01. The number of hydrogen-bond acceptors (Lipinski definition) is 2. The molecule has 16 heavy (non-hydrogen) atoms. The van der Waals surface area contributed by atoms with Crippen LogP contribution in [0.25, 0.3) is 0 Å². The van der Waals surface area contributed by atoms with Crippen LogP contribution in [-0.2, 0) is 0 Å². The lowest BCUT2D eigenvalue weighted by Crippen LogP contribution is -2.30. The van der Waals surface area contributed by atoms with Crippen molar-refractivity contribution in [2.75, 3.05) is 0 Å². The quantitative estimate of drug-likeness (QED) is 0.793. The minimum Gasteiger partial charge on any atom is -0.308 e. The van der Waals surface area contributed by atoms with E-state index in [0.717, 1.165) is 5.92 Å². The van der Waals surface area contributed by atoms with E-state index in [9.17, 15) is 0 Å². The molecule has 1 N–H and O–H groups in total. The van der Waals surface area contributed by atoms with Crippen LogP contribution in [0.5, 0.6) is 0 Å². The van der Waals surface area contributed by atoms with Crippen molar-refractivity contribution in [3.8, 4) is 0 Å². The van der Waals surface area contributed by atoms with Gasteiger partial charge in [0.1, 0.15) is 0 Å². The molecule has 0 saturated carbocycles. The third-order valence-electron chi connectivity index (χ3n) is 3.19. The molecule has 1 heterocycles. The van der Waals surface area contributed by atoms with Crippen LogP contribution in [0.1, 0.15) is 52.1 Å². The minimum atomic E-state index is 0.405. The predicted molar refractivity (Wildman–Crippen MR) is 69.3 cm³/mol. The molecule has 0 aliphatic carbocycles. The average molecular weight is 220 g/mol. The highest BCUT2D eigenvalue weighted by Gasteiger charge is 2.11. The van der Waals surface area contributed by atoms with Gasteiger partial charge >= 0.3 is 0 Å². The van der Waals surface area contributed by atoms with Crippen LogP contribution in [0.2, 0.25) is 0 Å². The van der Waals surface area contributed by atoms with Crippen LogP contribution in [0.15, 0.2) is 24.5 Å². The zero-order valence-electron chi connectivity index (χ0n) is 10.9. The Morgan fingerprint density at radius 2 is 1.81 bits per heavy atom. The molecule has 0 saturated heterocycles. The lowest BCUT2D eigenvalue weighted by molar-refractivity contribution is 0.385. The molecule has 0 spiro atoms. The number of nitrogens with one attached hydrogen (secondary N) is 1. The molecule has 1 aromatic heterocycles. The maximum absolute atomic E-state index is 4.04. The minimum absolute atomic E-state index is 0.405. The molecule has 3 atom stereocenters. The summed E-state index contributed by atoms with van der Waals surface area (Å²) in [4.78, 5) is 4.04. The molecule has 1 aromatic rings. The summed E-state index contributed by atoms with van der Waals surface area (Å²) in [5.74, 6) is 0.798. The molecule has 2 nitrogen and oxygen atoms in total. The van der Waals surface area contributed by atoms with Crippen molar-refractivity contribution < 1.29 is 0 Å². The lowest BCUT2D eigenvalue weighted by atomic mass is 9.99.